The first-order valence-corrected chi connectivity index (χ1v) is 18.0. The lowest BCUT2D eigenvalue weighted by molar-refractivity contribution is 0.273. The van der Waals surface area contributed by atoms with Gasteiger partial charge in [-0.15, -0.1) is 0 Å². The van der Waals surface area contributed by atoms with E-state index >= 15 is 0 Å². The van der Waals surface area contributed by atoms with Gasteiger partial charge in [-0.3, -0.25) is 9.97 Å². The Hall–Kier alpha value is -4.49. The Kier molecular flexibility index (Phi) is 12.8. The smallest absolute Gasteiger partial charge is 0.226 e. The zero-order valence-electron chi connectivity index (χ0n) is 30.7. The van der Waals surface area contributed by atoms with E-state index in [4.69, 9.17) is 31.3 Å². The van der Waals surface area contributed by atoms with Crippen molar-refractivity contribution in [3.05, 3.63) is 60.2 Å². The monoisotopic (exact) mass is 682 g/mol. The van der Waals surface area contributed by atoms with Crippen LogP contribution in [0.15, 0.2) is 48.8 Å². The third kappa shape index (κ3) is 7.94. The Morgan fingerprint density at radius 1 is 0.700 bits per heavy atom. The quantitative estimate of drug-likeness (QED) is 0.160. The standard InChI is InChI=1S/C20H25N3O2.C20H29N3O2/c1-5-16(21-2)14-7-10-23(11-8-14)18-6-9-22-17-13-20(25-4)19(24-3)12-15(17)18;1-4-14(13-21)15-6-9-23(10-7-15)18-5-8-22-17-12-20(25-3)19(24-2)11-16(17)18/h6,9,12-14,16H,5,7-8,10-11H2,1,3-4H3;5,8,11-12,14-15H,4,6-7,9-10,13,21H2,1-3H3. The summed E-state index contributed by atoms with van der Waals surface area (Å²) in [6, 6.07) is 12.3. The Labute approximate surface area is 297 Å². The van der Waals surface area contributed by atoms with Crippen LogP contribution in [0.3, 0.4) is 0 Å². The number of ether oxygens (including phenoxy) is 4. The van der Waals surface area contributed by atoms with Crippen molar-refractivity contribution in [3.8, 4) is 23.0 Å². The van der Waals surface area contributed by atoms with Gasteiger partial charge in [0.1, 0.15) is 0 Å². The van der Waals surface area contributed by atoms with Crippen LogP contribution >= 0.6 is 0 Å². The van der Waals surface area contributed by atoms with Crippen molar-refractivity contribution >= 4 is 33.2 Å². The molecule has 268 valence electrons. The fourth-order valence-corrected chi connectivity index (χ4v) is 7.83. The lowest BCUT2D eigenvalue weighted by Crippen LogP contribution is -2.37. The number of piperidine rings is 2. The second-order valence-electron chi connectivity index (χ2n) is 13.3. The highest BCUT2D eigenvalue weighted by Crippen LogP contribution is 2.39. The second-order valence-corrected chi connectivity index (χ2v) is 13.3. The number of pyridine rings is 2. The summed E-state index contributed by atoms with van der Waals surface area (Å²) in [5.74, 6) is 4.79. The Balaban J connectivity index is 0.000000194. The number of hydrogen-bond acceptors (Lipinski definition) is 9. The van der Waals surface area contributed by atoms with Crippen LogP contribution < -0.4 is 34.5 Å². The van der Waals surface area contributed by atoms with E-state index in [2.05, 4.69) is 50.6 Å². The lowest BCUT2D eigenvalue weighted by Gasteiger charge is -2.37. The van der Waals surface area contributed by atoms with Crippen molar-refractivity contribution in [1.82, 2.24) is 9.97 Å². The number of nitrogens with two attached hydrogens (primary N) is 1. The van der Waals surface area contributed by atoms with Crippen molar-refractivity contribution in [2.75, 3.05) is 71.0 Å². The summed E-state index contributed by atoms with van der Waals surface area (Å²) < 4.78 is 21.7. The SMILES string of the molecule is CCC(CN)C1CCN(c2ccnc3cc(OC)c(OC)cc23)CC1.[C-]#[N+]C(CC)C1CCN(c2ccnc3cc(OC)c(OC)cc23)CC1. The lowest BCUT2D eigenvalue weighted by atomic mass is 9.82. The minimum atomic E-state index is 0.167. The molecular weight excluding hydrogens is 628 g/mol. The molecule has 4 heterocycles. The topological polar surface area (TPSA) is 99.6 Å². The number of anilines is 2. The highest BCUT2D eigenvalue weighted by molar-refractivity contribution is 5.95. The molecule has 0 amide bonds. The van der Waals surface area contributed by atoms with Gasteiger partial charge >= 0.3 is 0 Å². The molecule has 2 saturated heterocycles. The van der Waals surface area contributed by atoms with Crippen LogP contribution in [0.5, 0.6) is 23.0 Å². The van der Waals surface area contributed by atoms with Crippen LogP contribution in [-0.2, 0) is 0 Å². The van der Waals surface area contributed by atoms with E-state index in [1.165, 1.54) is 30.6 Å². The fourth-order valence-electron chi connectivity index (χ4n) is 7.83. The Bertz CT molecular complexity index is 1740. The van der Waals surface area contributed by atoms with Gasteiger partial charge in [0.05, 0.1) is 39.5 Å². The van der Waals surface area contributed by atoms with Crippen LogP contribution in [0.2, 0.25) is 0 Å². The van der Waals surface area contributed by atoms with Gasteiger partial charge in [0.25, 0.3) is 0 Å². The molecule has 0 spiro atoms. The molecule has 2 aromatic heterocycles. The molecule has 0 radical (unpaired) electrons. The molecule has 2 aliphatic heterocycles. The molecule has 2 N–H and O–H groups in total. The maximum Gasteiger partial charge on any atom is 0.226 e. The minimum absolute atomic E-state index is 0.167. The van der Waals surface area contributed by atoms with E-state index in [0.29, 0.717) is 23.3 Å². The number of nitrogens with zero attached hydrogens (tertiary/aromatic N) is 5. The van der Waals surface area contributed by atoms with Crippen LogP contribution in [0, 0.1) is 24.3 Å². The first kappa shape index (κ1) is 36.8. The molecule has 2 aliphatic rings. The van der Waals surface area contributed by atoms with Crippen molar-refractivity contribution in [2.45, 2.75) is 58.4 Å². The summed E-state index contributed by atoms with van der Waals surface area (Å²) in [6.45, 7) is 16.6. The molecule has 10 nitrogen and oxygen atoms in total. The summed E-state index contributed by atoms with van der Waals surface area (Å²) >= 11 is 0. The molecule has 0 bridgehead atoms. The minimum Gasteiger partial charge on any atom is -0.493 e. The first-order valence-electron chi connectivity index (χ1n) is 18.0. The van der Waals surface area contributed by atoms with Crippen molar-refractivity contribution in [1.29, 1.82) is 0 Å². The number of aromatic nitrogens is 2. The second kappa shape index (κ2) is 17.4. The largest absolute Gasteiger partial charge is 0.493 e. The van der Waals surface area contributed by atoms with Crippen LogP contribution in [0.1, 0.15) is 52.4 Å². The molecule has 6 rings (SSSR count). The van der Waals surface area contributed by atoms with E-state index in [0.717, 1.165) is 91.2 Å². The predicted molar refractivity (Wildman–Crippen MR) is 203 cm³/mol. The van der Waals surface area contributed by atoms with Crippen LogP contribution in [-0.4, -0.2) is 77.2 Å². The van der Waals surface area contributed by atoms with Crippen molar-refractivity contribution in [3.63, 3.8) is 0 Å². The van der Waals surface area contributed by atoms with Crippen LogP contribution in [0.25, 0.3) is 26.7 Å². The Morgan fingerprint density at radius 2 is 1.12 bits per heavy atom. The van der Waals surface area contributed by atoms with Crippen LogP contribution in [0.4, 0.5) is 11.4 Å². The zero-order valence-corrected chi connectivity index (χ0v) is 30.7. The van der Waals surface area contributed by atoms with Gasteiger partial charge in [-0.05, 0) is 68.3 Å². The summed E-state index contributed by atoms with van der Waals surface area (Å²) in [6.07, 6.45) is 10.4. The molecule has 2 unspecified atom stereocenters. The molecule has 0 aliphatic carbocycles. The number of benzene rings is 2. The summed E-state index contributed by atoms with van der Waals surface area (Å²) in [4.78, 5) is 17.7. The number of hydrogen-bond donors (Lipinski definition) is 1. The van der Waals surface area contributed by atoms with Crippen molar-refractivity contribution < 1.29 is 18.9 Å². The summed E-state index contributed by atoms with van der Waals surface area (Å²) in [5.41, 5.74) is 10.2. The number of fused-ring (bicyclic) bond motifs is 2. The normalized spacial score (nSPS) is 16.7. The van der Waals surface area contributed by atoms with E-state index in [1.54, 1.807) is 28.4 Å². The maximum atomic E-state index is 7.38. The van der Waals surface area contributed by atoms with Gasteiger partial charge in [0, 0.05) is 85.2 Å². The van der Waals surface area contributed by atoms with Gasteiger partial charge in [0.2, 0.25) is 6.04 Å². The maximum absolute atomic E-state index is 7.38. The van der Waals surface area contributed by atoms with E-state index < -0.39 is 0 Å². The van der Waals surface area contributed by atoms with Crippen molar-refractivity contribution in [2.24, 2.45) is 23.5 Å². The van der Waals surface area contributed by atoms with Gasteiger partial charge in [-0.25, -0.2) is 6.57 Å². The average molecular weight is 683 g/mol. The average Bonchev–Trinajstić information content (AvgIpc) is 3.18. The third-order valence-electron chi connectivity index (χ3n) is 10.8. The zero-order chi connectivity index (χ0) is 35.6. The highest BCUT2D eigenvalue weighted by Gasteiger charge is 2.30. The van der Waals surface area contributed by atoms with Gasteiger partial charge < -0.3 is 39.3 Å². The van der Waals surface area contributed by atoms with Gasteiger partial charge in [0.15, 0.2) is 23.0 Å². The third-order valence-corrected chi connectivity index (χ3v) is 10.8. The Morgan fingerprint density at radius 3 is 1.48 bits per heavy atom. The van der Waals surface area contributed by atoms with Gasteiger partial charge in [-0.2, -0.15) is 0 Å². The molecule has 50 heavy (non-hydrogen) atoms. The fraction of sp³-hybridized carbons (Fsp3) is 0.525. The van der Waals surface area contributed by atoms with E-state index in [9.17, 15) is 0 Å². The predicted octanol–water partition coefficient (Wildman–Crippen LogP) is 7.62. The van der Waals surface area contributed by atoms with E-state index in [-0.39, 0.29) is 6.04 Å². The molecule has 2 fully saturated rings. The van der Waals surface area contributed by atoms with E-state index in [1.807, 2.05) is 36.7 Å². The molecule has 2 aromatic carbocycles. The molecule has 4 aromatic rings. The number of rotatable bonds is 11. The van der Waals surface area contributed by atoms with Gasteiger partial charge in [-0.1, -0.05) is 20.3 Å². The summed E-state index contributed by atoms with van der Waals surface area (Å²) in [5, 5.41) is 2.19. The highest BCUT2D eigenvalue weighted by atomic mass is 16.5. The molecule has 2 atom stereocenters. The summed E-state index contributed by atoms with van der Waals surface area (Å²) in [7, 11) is 6.61. The molecule has 10 heteroatoms. The number of methoxy groups -OCH3 is 4. The molecule has 0 saturated carbocycles. The molecular formula is C40H54N6O4. The first-order chi connectivity index (χ1) is 24.4.